The summed E-state index contributed by atoms with van der Waals surface area (Å²) in [7, 11) is 0. The van der Waals surface area contributed by atoms with E-state index in [2.05, 4.69) is 10.3 Å². The average Bonchev–Trinajstić information content (AvgIpc) is 3.27. The molecular weight excluding hydrogens is 410 g/mol. The van der Waals surface area contributed by atoms with E-state index in [1.165, 1.54) is 11.3 Å². The molecule has 2 aromatic carbocycles. The quantitative estimate of drug-likeness (QED) is 0.636. The van der Waals surface area contributed by atoms with Crippen LogP contribution >= 0.6 is 22.9 Å². The van der Waals surface area contributed by atoms with Gasteiger partial charge in [-0.1, -0.05) is 22.9 Å². The number of hydrogen-bond donors (Lipinski definition) is 2. The van der Waals surface area contributed by atoms with Crippen LogP contribution in [0.2, 0.25) is 5.02 Å². The molecule has 0 saturated carbocycles. The van der Waals surface area contributed by atoms with Crippen LogP contribution < -0.4 is 16.0 Å². The number of urea groups is 1. The zero-order valence-electron chi connectivity index (χ0n) is 15.6. The highest BCUT2D eigenvalue weighted by molar-refractivity contribution is 7.22. The van der Waals surface area contributed by atoms with Gasteiger partial charge in [0.1, 0.15) is 0 Å². The molecule has 150 valence electrons. The minimum atomic E-state index is -0.282. The fraction of sp³-hybridized carbons (Fsp3) is 0.250. The Morgan fingerprint density at radius 2 is 2.07 bits per heavy atom. The van der Waals surface area contributed by atoms with E-state index in [9.17, 15) is 9.59 Å². The summed E-state index contributed by atoms with van der Waals surface area (Å²) in [5.41, 5.74) is 7.97. The lowest BCUT2D eigenvalue weighted by Gasteiger charge is -2.26. The molecular formula is C20H20ClN5O2S. The van der Waals surface area contributed by atoms with Crippen LogP contribution in [-0.2, 0) is 4.79 Å². The summed E-state index contributed by atoms with van der Waals surface area (Å²) in [6.45, 7) is 1.59. The Balaban J connectivity index is 1.58. The molecule has 1 aliphatic heterocycles. The van der Waals surface area contributed by atoms with Gasteiger partial charge in [0, 0.05) is 42.5 Å². The van der Waals surface area contributed by atoms with Crippen molar-refractivity contribution >= 4 is 61.6 Å². The van der Waals surface area contributed by atoms with E-state index in [4.69, 9.17) is 17.3 Å². The van der Waals surface area contributed by atoms with Crippen molar-refractivity contribution in [3.63, 3.8) is 0 Å². The average molecular weight is 430 g/mol. The SMILES string of the molecule is Nc1nc2ccc(N(CCN3CCCC3=O)C(=O)Nc3ccc(Cl)cc3)cc2s1. The van der Waals surface area contributed by atoms with Gasteiger partial charge in [0.05, 0.1) is 10.2 Å². The van der Waals surface area contributed by atoms with E-state index in [0.717, 1.165) is 28.9 Å². The first-order valence-corrected chi connectivity index (χ1v) is 10.5. The number of halogens is 1. The molecule has 2 heterocycles. The van der Waals surface area contributed by atoms with Gasteiger partial charge in [0.15, 0.2) is 5.13 Å². The van der Waals surface area contributed by atoms with Crippen LogP contribution in [0.5, 0.6) is 0 Å². The van der Waals surface area contributed by atoms with E-state index in [1.54, 1.807) is 34.1 Å². The number of thiazole rings is 1. The van der Waals surface area contributed by atoms with Crippen LogP contribution in [0.25, 0.3) is 10.2 Å². The molecule has 3 N–H and O–H groups in total. The van der Waals surface area contributed by atoms with Crippen molar-refractivity contribution in [3.8, 4) is 0 Å². The highest BCUT2D eigenvalue weighted by atomic mass is 35.5. The lowest BCUT2D eigenvalue weighted by atomic mass is 10.2. The Hall–Kier alpha value is -2.84. The van der Waals surface area contributed by atoms with Crippen molar-refractivity contribution in [3.05, 3.63) is 47.5 Å². The molecule has 0 radical (unpaired) electrons. The number of rotatable bonds is 5. The molecule has 0 spiro atoms. The first-order chi connectivity index (χ1) is 14.0. The molecule has 3 amide bonds. The number of nitrogens with two attached hydrogens (primary N) is 1. The van der Waals surface area contributed by atoms with Crippen molar-refractivity contribution in [1.82, 2.24) is 9.88 Å². The van der Waals surface area contributed by atoms with Crippen molar-refractivity contribution < 1.29 is 9.59 Å². The number of carbonyl (C=O) groups is 2. The van der Waals surface area contributed by atoms with Crippen LogP contribution in [0.3, 0.4) is 0 Å². The smallest absolute Gasteiger partial charge is 0.326 e. The molecule has 1 aromatic heterocycles. The lowest BCUT2D eigenvalue weighted by molar-refractivity contribution is -0.127. The number of carbonyl (C=O) groups excluding carboxylic acids is 2. The van der Waals surface area contributed by atoms with E-state index in [0.29, 0.717) is 35.4 Å². The second-order valence-corrected chi connectivity index (χ2v) is 8.28. The molecule has 9 heteroatoms. The summed E-state index contributed by atoms with van der Waals surface area (Å²) < 4.78 is 0.904. The third kappa shape index (κ3) is 4.44. The first-order valence-electron chi connectivity index (χ1n) is 9.27. The van der Waals surface area contributed by atoms with Crippen molar-refractivity contribution in [2.45, 2.75) is 12.8 Å². The number of fused-ring (bicyclic) bond motifs is 1. The molecule has 7 nitrogen and oxygen atoms in total. The maximum Gasteiger partial charge on any atom is 0.326 e. The second kappa shape index (κ2) is 8.26. The third-order valence-electron chi connectivity index (χ3n) is 4.81. The van der Waals surface area contributed by atoms with Crippen molar-refractivity contribution in [2.24, 2.45) is 0 Å². The largest absolute Gasteiger partial charge is 0.375 e. The number of nitrogen functional groups attached to an aromatic ring is 1. The predicted octanol–water partition coefficient (Wildman–Crippen LogP) is 4.19. The van der Waals surface area contributed by atoms with Crippen molar-refractivity contribution in [1.29, 1.82) is 0 Å². The fourth-order valence-corrected chi connectivity index (χ4v) is 4.23. The summed E-state index contributed by atoms with van der Waals surface area (Å²) in [5, 5.41) is 3.98. The van der Waals surface area contributed by atoms with Gasteiger partial charge in [0.25, 0.3) is 0 Å². The highest BCUT2D eigenvalue weighted by Crippen LogP contribution is 2.29. The monoisotopic (exact) mass is 429 g/mol. The third-order valence-corrected chi connectivity index (χ3v) is 5.91. The molecule has 3 aromatic rings. The van der Waals surface area contributed by atoms with Crippen LogP contribution in [0.1, 0.15) is 12.8 Å². The normalized spacial score (nSPS) is 13.8. The van der Waals surface area contributed by atoms with E-state index in [-0.39, 0.29) is 11.9 Å². The van der Waals surface area contributed by atoms with Crippen LogP contribution in [0.15, 0.2) is 42.5 Å². The Bertz CT molecular complexity index is 1050. The Kier molecular flexibility index (Phi) is 5.55. The number of amides is 3. The van der Waals surface area contributed by atoms with Crippen LogP contribution in [0, 0.1) is 0 Å². The molecule has 0 atom stereocenters. The van der Waals surface area contributed by atoms with E-state index >= 15 is 0 Å². The zero-order chi connectivity index (χ0) is 20.4. The van der Waals surface area contributed by atoms with E-state index in [1.807, 2.05) is 18.2 Å². The van der Waals surface area contributed by atoms with Gasteiger partial charge in [-0.15, -0.1) is 0 Å². The topological polar surface area (TPSA) is 91.6 Å². The number of nitrogens with one attached hydrogen (secondary N) is 1. The summed E-state index contributed by atoms with van der Waals surface area (Å²) in [5.74, 6) is 0.133. The predicted molar refractivity (Wildman–Crippen MR) is 118 cm³/mol. The maximum absolute atomic E-state index is 13.1. The minimum Gasteiger partial charge on any atom is -0.375 e. The maximum atomic E-state index is 13.1. The number of benzene rings is 2. The molecule has 0 unspecified atom stereocenters. The van der Waals surface area contributed by atoms with Gasteiger partial charge in [-0.2, -0.15) is 0 Å². The number of nitrogens with zero attached hydrogens (tertiary/aromatic N) is 3. The lowest BCUT2D eigenvalue weighted by Crippen LogP contribution is -2.41. The summed E-state index contributed by atoms with van der Waals surface area (Å²) in [6.07, 6.45) is 1.44. The van der Waals surface area contributed by atoms with Crippen LogP contribution in [0.4, 0.5) is 21.3 Å². The fourth-order valence-electron chi connectivity index (χ4n) is 3.33. The van der Waals surface area contributed by atoms with Gasteiger partial charge in [-0.3, -0.25) is 9.69 Å². The van der Waals surface area contributed by atoms with E-state index < -0.39 is 0 Å². The highest BCUT2D eigenvalue weighted by Gasteiger charge is 2.23. The van der Waals surface area contributed by atoms with Gasteiger partial charge >= 0.3 is 6.03 Å². The second-order valence-electron chi connectivity index (χ2n) is 6.78. The number of hydrogen-bond acceptors (Lipinski definition) is 5. The summed E-state index contributed by atoms with van der Waals surface area (Å²) >= 11 is 7.30. The Labute approximate surface area is 177 Å². The molecule has 1 aliphatic rings. The molecule has 0 aliphatic carbocycles. The zero-order valence-corrected chi connectivity index (χ0v) is 17.2. The van der Waals surface area contributed by atoms with Gasteiger partial charge < -0.3 is 16.0 Å². The molecule has 0 bridgehead atoms. The Morgan fingerprint density at radius 3 is 2.79 bits per heavy atom. The van der Waals surface area contributed by atoms with Gasteiger partial charge in [-0.25, -0.2) is 9.78 Å². The Morgan fingerprint density at radius 1 is 1.28 bits per heavy atom. The molecule has 29 heavy (non-hydrogen) atoms. The first kappa shape index (κ1) is 19.5. The number of likely N-dealkylation sites (tertiary alicyclic amines) is 1. The number of anilines is 3. The minimum absolute atomic E-state index is 0.133. The number of aromatic nitrogens is 1. The van der Waals surface area contributed by atoms with Gasteiger partial charge in [0.2, 0.25) is 5.91 Å². The van der Waals surface area contributed by atoms with Gasteiger partial charge in [-0.05, 0) is 48.9 Å². The molecule has 1 saturated heterocycles. The van der Waals surface area contributed by atoms with Crippen molar-refractivity contribution in [2.75, 3.05) is 35.6 Å². The standard InChI is InChI=1S/C20H20ClN5O2S/c21-13-3-5-14(6-4-13)23-20(28)26(11-10-25-9-1-2-18(25)27)15-7-8-16-17(12-15)29-19(22)24-16/h3-8,12H,1-2,9-11H2,(H2,22,24)(H,23,28). The molecule has 4 rings (SSSR count). The molecule has 1 fully saturated rings. The van der Waals surface area contributed by atoms with Crippen LogP contribution in [-0.4, -0.2) is 41.5 Å². The summed E-state index contributed by atoms with van der Waals surface area (Å²) in [4.78, 5) is 32.7. The summed E-state index contributed by atoms with van der Waals surface area (Å²) in [6, 6.07) is 12.2.